The summed E-state index contributed by atoms with van der Waals surface area (Å²) in [6.45, 7) is 0.583. The first-order valence-electron chi connectivity index (χ1n) is 4.32. The van der Waals surface area contributed by atoms with Crippen LogP contribution in [-0.2, 0) is 11.3 Å². The summed E-state index contributed by atoms with van der Waals surface area (Å²) >= 11 is 2.72. The summed E-state index contributed by atoms with van der Waals surface area (Å²) in [5.41, 5.74) is 1.09. The van der Waals surface area contributed by atoms with E-state index in [2.05, 4.69) is 21.3 Å². The van der Waals surface area contributed by atoms with E-state index in [1.807, 2.05) is 30.3 Å². The van der Waals surface area contributed by atoms with E-state index >= 15 is 0 Å². The molecule has 1 radical (unpaired) electrons. The monoisotopic (exact) mass is 258 g/mol. The van der Waals surface area contributed by atoms with Crippen LogP contribution in [0.5, 0.6) is 0 Å². The van der Waals surface area contributed by atoms with Crippen molar-refractivity contribution in [3.8, 4) is 0 Å². The van der Waals surface area contributed by atoms with Crippen LogP contribution < -0.4 is 5.32 Å². The Kier molecular flexibility index (Phi) is 4.66. The molecule has 0 bridgehead atoms. The van der Waals surface area contributed by atoms with Gasteiger partial charge < -0.3 is 0 Å². The molecule has 4 heteroatoms. The molecule has 0 saturated carbocycles. The van der Waals surface area contributed by atoms with Gasteiger partial charge in [-0.15, -0.1) is 0 Å². The third kappa shape index (κ3) is 3.50. The van der Waals surface area contributed by atoms with Crippen molar-refractivity contribution in [1.82, 2.24) is 5.32 Å². The van der Waals surface area contributed by atoms with Gasteiger partial charge in [0.25, 0.3) is 0 Å². The quantitative estimate of drug-likeness (QED) is 0.768. The van der Waals surface area contributed by atoms with E-state index in [4.69, 9.17) is 5.11 Å². The molecular weight excluding hydrogens is 245 g/mol. The SMILES string of the molecule is O=C(O)[C@H](C[Se])NCc1ccccc1. The molecule has 0 amide bonds. The van der Waals surface area contributed by atoms with E-state index in [1.165, 1.54) is 0 Å². The van der Waals surface area contributed by atoms with Crippen molar-refractivity contribution < 1.29 is 9.90 Å². The molecule has 0 spiro atoms. The zero-order valence-electron chi connectivity index (χ0n) is 7.64. The van der Waals surface area contributed by atoms with E-state index in [-0.39, 0.29) is 0 Å². The van der Waals surface area contributed by atoms with Crippen molar-refractivity contribution in [2.75, 3.05) is 0 Å². The first-order chi connectivity index (χ1) is 6.74. The number of carboxylic acids is 1. The fourth-order valence-corrected chi connectivity index (χ4v) is 1.60. The number of aliphatic carboxylic acids is 1. The van der Waals surface area contributed by atoms with E-state index in [0.717, 1.165) is 5.56 Å². The molecule has 75 valence electrons. The van der Waals surface area contributed by atoms with Crippen molar-refractivity contribution >= 4 is 22.0 Å². The van der Waals surface area contributed by atoms with Gasteiger partial charge in [0.2, 0.25) is 0 Å². The molecule has 0 heterocycles. The Morgan fingerprint density at radius 2 is 2.07 bits per heavy atom. The summed E-state index contributed by atoms with van der Waals surface area (Å²) in [5.74, 6) is -0.820. The van der Waals surface area contributed by atoms with Crippen molar-refractivity contribution in [3.63, 3.8) is 0 Å². The molecule has 0 saturated heterocycles. The van der Waals surface area contributed by atoms with Crippen molar-refractivity contribution in [2.24, 2.45) is 0 Å². The molecular formula is C10H12NO2Se. The predicted molar refractivity (Wildman–Crippen MR) is 55.3 cm³/mol. The Morgan fingerprint density at radius 1 is 1.43 bits per heavy atom. The number of hydrogen-bond acceptors (Lipinski definition) is 2. The first kappa shape index (κ1) is 11.2. The van der Waals surface area contributed by atoms with E-state index < -0.39 is 12.0 Å². The van der Waals surface area contributed by atoms with Crippen LogP contribution in [-0.4, -0.2) is 33.1 Å². The molecule has 0 aliphatic heterocycles. The minimum atomic E-state index is -0.820. The number of carboxylic acid groups (broad SMARTS) is 1. The fraction of sp³-hybridized carbons (Fsp3) is 0.300. The topological polar surface area (TPSA) is 49.3 Å². The van der Waals surface area contributed by atoms with Crippen LogP contribution in [0.2, 0.25) is 5.32 Å². The van der Waals surface area contributed by atoms with Crippen LogP contribution in [0.1, 0.15) is 5.56 Å². The summed E-state index contributed by atoms with van der Waals surface area (Å²) in [5, 5.41) is 12.2. The van der Waals surface area contributed by atoms with E-state index in [1.54, 1.807) is 0 Å². The van der Waals surface area contributed by atoms with Gasteiger partial charge in [-0.2, -0.15) is 0 Å². The zero-order valence-corrected chi connectivity index (χ0v) is 9.36. The zero-order chi connectivity index (χ0) is 10.4. The van der Waals surface area contributed by atoms with E-state index in [9.17, 15) is 4.79 Å². The number of hydrogen-bond donors (Lipinski definition) is 2. The molecule has 1 rings (SSSR count). The van der Waals surface area contributed by atoms with Gasteiger partial charge in [-0.25, -0.2) is 0 Å². The molecule has 1 aromatic carbocycles. The minimum absolute atomic E-state index is 0.474. The second-order valence-electron chi connectivity index (χ2n) is 2.92. The van der Waals surface area contributed by atoms with Crippen molar-refractivity contribution in [1.29, 1.82) is 0 Å². The summed E-state index contributed by atoms with van der Waals surface area (Å²) in [7, 11) is 0. The molecule has 2 N–H and O–H groups in total. The number of benzene rings is 1. The maximum absolute atomic E-state index is 10.7. The molecule has 0 aliphatic rings. The summed E-state index contributed by atoms with van der Waals surface area (Å²) in [4.78, 5) is 10.7. The molecule has 3 nitrogen and oxygen atoms in total. The molecule has 1 aromatic rings. The van der Waals surface area contributed by atoms with Crippen molar-refractivity contribution in [2.45, 2.75) is 17.9 Å². The molecule has 0 unspecified atom stereocenters. The molecule has 0 aromatic heterocycles. The molecule has 1 atom stereocenters. The second kappa shape index (κ2) is 5.81. The number of rotatable bonds is 5. The van der Waals surface area contributed by atoms with Gasteiger partial charge in [0.05, 0.1) is 0 Å². The Balaban J connectivity index is 2.44. The molecule has 14 heavy (non-hydrogen) atoms. The Hall–Kier alpha value is -0.831. The van der Waals surface area contributed by atoms with Gasteiger partial charge in [0.15, 0.2) is 0 Å². The third-order valence-electron chi connectivity index (χ3n) is 1.86. The first-order valence-corrected chi connectivity index (χ1v) is 5.53. The summed E-state index contributed by atoms with van der Waals surface area (Å²) < 4.78 is 0. The fourth-order valence-electron chi connectivity index (χ4n) is 1.05. The summed E-state index contributed by atoms with van der Waals surface area (Å²) in [6.07, 6.45) is 0. The average Bonchev–Trinajstić information content (AvgIpc) is 2.20. The standard InChI is InChI=1S/C10H12NO2Se/c12-10(13)9(7-14)11-6-8-4-2-1-3-5-8/h1-5,9,11H,6-7H2,(H,12,13)/t9-/m0/s1. The van der Waals surface area contributed by atoms with Crippen LogP contribution in [0.25, 0.3) is 0 Å². The second-order valence-corrected chi connectivity index (χ2v) is 3.62. The van der Waals surface area contributed by atoms with Crippen LogP contribution >= 0.6 is 0 Å². The number of nitrogens with one attached hydrogen (secondary N) is 1. The Labute approximate surface area is 91.3 Å². The van der Waals surface area contributed by atoms with Gasteiger partial charge in [0, 0.05) is 0 Å². The van der Waals surface area contributed by atoms with Crippen LogP contribution in [0.15, 0.2) is 30.3 Å². The van der Waals surface area contributed by atoms with Gasteiger partial charge in [-0.1, -0.05) is 0 Å². The Bertz CT molecular complexity index is 289. The van der Waals surface area contributed by atoms with Gasteiger partial charge >= 0.3 is 91.0 Å². The van der Waals surface area contributed by atoms with Crippen LogP contribution in [0.3, 0.4) is 0 Å². The summed E-state index contributed by atoms with van der Waals surface area (Å²) in [6, 6.07) is 9.23. The third-order valence-corrected chi connectivity index (χ3v) is 2.56. The predicted octanol–water partition coefficient (Wildman–Crippen LogP) is 0.816. The Morgan fingerprint density at radius 3 is 2.57 bits per heavy atom. The van der Waals surface area contributed by atoms with Gasteiger partial charge in [0.1, 0.15) is 0 Å². The van der Waals surface area contributed by atoms with Gasteiger partial charge in [-0.05, 0) is 0 Å². The van der Waals surface area contributed by atoms with Crippen molar-refractivity contribution in [3.05, 3.63) is 35.9 Å². The van der Waals surface area contributed by atoms with E-state index in [0.29, 0.717) is 11.9 Å². The number of carbonyl (C=O) groups is 1. The van der Waals surface area contributed by atoms with Crippen LogP contribution in [0.4, 0.5) is 0 Å². The maximum atomic E-state index is 10.7. The molecule has 0 aliphatic carbocycles. The van der Waals surface area contributed by atoms with Gasteiger partial charge in [-0.3, -0.25) is 0 Å². The molecule has 0 fully saturated rings. The average molecular weight is 257 g/mol. The van der Waals surface area contributed by atoms with Crippen LogP contribution in [0, 0.1) is 0 Å². The normalized spacial score (nSPS) is 12.4.